The first-order valence-corrected chi connectivity index (χ1v) is 4.12. The van der Waals surface area contributed by atoms with E-state index >= 15 is 0 Å². The van der Waals surface area contributed by atoms with E-state index in [4.69, 9.17) is 11.1 Å². The van der Waals surface area contributed by atoms with E-state index in [0.717, 1.165) is 10.2 Å². The van der Waals surface area contributed by atoms with E-state index in [1.165, 1.54) is 5.01 Å². The third kappa shape index (κ3) is 1.76. The van der Waals surface area contributed by atoms with Gasteiger partial charge in [0.2, 0.25) is 0 Å². The highest BCUT2D eigenvalue weighted by Crippen LogP contribution is 2.21. The van der Waals surface area contributed by atoms with Gasteiger partial charge in [-0.2, -0.15) is 5.26 Å². The Hall–Kier alpha value is -1.05. The summed E-state index contributed by atoms with van der Waals surface area (Å²) in [5.41, 5.74) is 1.47. The van der Waals surface area contributed by atoms with Crippen LogP contribution in [0.1, 0.15) is 5.56 Å². The van der Waals surface area contributed by atoms with Gasteiger partial charge in [-0.25, -0.2) is 5.84 Å². The molecule has 0 aromatic heterocycles. The lowest BCUT2D eigenvalue weighted by atomic mass is 10.2. The molecule has 0 aliphatic carbocycles. The topological polar surface area (TPSA) is 53.0 Å². The van der Waals surface area contributed by atoms with Gasteiger partial charge in [0.25, 0.3) is 0 Å². The molecule has 0 fully saturated rings. The number of benzene rings is 1. The van der Waals surface area contributed by atoms with Gasteiger partial charge in [0.15, 0.2) is 0 Å². The molecule has 0 atom stereocenters. The number of nitrogens with zero attached hydrogens (tertiary/aromatic N) is 2. The SMILES string of the molecule is CN(N)c1ccc(C#N)c(Br)c1. The van der Waals surface area contributed by atoms with Gasteiger partial charge in [0, 0.05) is 11.5 Å². The van der Waals surface area contributed by atoms with Gasteiger partial charge in [0.05, 0.1) is 11.3 Å². The Balaban J connectivity index is 3.12. The van der Waals surface area contributed by atoms with Crippen LogP contribution in [-0.4, -0.2) is 7.05 Å². The van der Waals surface area contributed by atoms with Gasteiger partial charge >= 0.3 is 0 Å². The normalized spacial score (nSPS) is 9.17. The zero-order chi connectivity index (χ0) is 9.14. The van der Waals surface area contributed by atoms with Crippen LogP contribution >= 0.6 is 15.9 Å². The average molecular weight is 226 g/mol. The molecular weight excluding hydrogens is 218 g/mol. The lowest BCUT2D eigenvalue weighted by molar-refractivity contribution is 1.02. The predicted molar refractivity (Wildman–Crippen MR) is 51.4 cm³/mol. The van der Waals surface area contributed by atoms with Gasteiger partial charge in [-0.15, -0.1) is 0 Å². The number of nitriles is 1. The highest BCUT2D eigenvalue weighted by atomic mass is 79.9. The number of halogens is 1. The Morgan fingerprint density at radius 3 is 2.67 bits per heavy atom. The quantitative estimate of drug-likeness (QED) is 0.584. The van der Waals surface area contributed by atoms with Crippen LogP contribution in [0.15, 0.2) is 22.7 Å². The van der Waals surface area contributed by atoms with Gasteiger partial charge in [-0.05, 0) is 34.1 Å². The Kier molecular flexibility index (Phi) is 2.69. The van der Waals surface area contributed by atoms with Crippen LogP contribution in [0.4, 0.5) is 5.69 Å². The molecule has 0 saturated carbocycles. The molecule has 1 rings (SSSR count). The largest absolute Gasteiger partial charge is 0.314 e. The van der Waals surface area contributed by atoms with Crippen molar-refractivity contribution in [3.8, 4) is 6.07 Å². The summed E-state index contributed by atoms with van der Waals surface area (Å²) in [5.74, 6) is 5.50. The number of rotatable bonds is 1. The fraction of sp³-hybridized carbons (Fsp3) is 0.125. The van der Waals surface area contributed by atoms with Crippen molar-refractivity contribution < 1.29 is 0 Å². The Labute approximate surface area is 79.5 Å². The maximum Gasteiger partial charge on any atom is 0.100 e. The van der Waals surface area contributed by atoms with E-state index in [2.05, 4.69) is 22.0 Å². The standard InChI is InChI=1S/C8H8BrN3/c1-12(11)7-3-2-6(5-10)8(9)4-7/h2-4H,11H2,1H3. The number of hydrogen-bond acceptors (Lipinski definition) is 3. The summed E-state index contributed by atoms with van der Waals surface area (Å²) in [6.45, 7) is 0. The summed E-state index contributed by atoms with van der Waals surface area (Å²) < 4.78 is 0.764. The molecule has 1 aromatic rings. The molecule has 0 unspecified atom stereocenters. The predicted octanol–water partition coefficient (Wildman–Crippen LogP) is 1.63. The molecule has 0 aliphatic rings. The Bertz CT molecular complexity index is 328. The smallest absolute Gasteiger partial charge is 0.100 e. The van der Waals surface area contributed by atoms with Crippen molar-refractivity contribution in [3.05, 3.63) is 28.2 Å². The van der Waals surface area contributed by atoms with Gasteiger partial charge < -0.3 is 5.01 Å². The van der Waals surface area contributed by atoms with Crippen molar-refractivity contribution in [2.45, 2.75) is 0 Å². The van der Waals surface area contributed by atoms with Crippen LogP contribution in [0.3, 0.4) is 0 Å². The van der Waals surface area contributed by atoms with Crippen molar-refractivity contribution in [1.82, 2.24) is 0 Å². The van der Waals surface area contributed by atoms with Gasteiger partial charge in [0.1, 0.15) is 6.07 Å². The molecule has 62 valence electrons. The molecule has 0 aliphatic heterocycles. The Morgan fingerprint density at radius 2 is 2.25 bits per heavy atom. The molecule has 4 heteroatoms. The van der Waals surface area contributed by atoms with E-state index in [0.29, 0.717) is 5.56 Å². The summed E-state index contributed by atoms with van der Waals surface area (Å²) in [6.07, 6.45) is 0. The summed E-state index contributed by atoms with van der Waals surface area (Å²) >= 11 is 3.27. The summed E-state index contributed by atoms with van der Waals surface area (Å²) in [6, 6.07) is 7.38. The van der Waals surface area contributed by atoms with Crippen LogP contribution in [-0.2, 0) is 0 Å². The van der Waals surface area contributed by atoms with Crippen LogP contribution < -0.4 is 10.9 Å². The lowest BCUT2D eigenvalue weighted by Gasteiger charge is -2.11. The first-order chi connectivity index (χ1) is 5.65. The minimum absolute atomic E-state index is 0.612. The molecule has 0 bridgehead atoms. The highest BCUT2D eigenvalue weighted by molar-refractivity contribution is 9.10. The molecule has 0 radical (unpaired) electrons. The van der Waals surface area contributed by atoms with E-state index in [1.54, 1.807) is 25.2 Å². The zero-order valence-corrected chi connectivity index (χ0v) is 8.17. The third-order valence-corrected chi connectivity index (χ3v) is 2.14. The first kappa shape index (κ1) is 9.04. The molecule has 12 heavy (non-hydrogen) atoms. The van der Waals surface area contributed by atoms with Crippen molar-refractivity contribution >= 4 is 21.6 Å². The first-order valence-electron chi connectivity index (χ1n) is 3.33. The van der Waals surface area contributed by atoms with Crippen molar-refractivity contribution in [2.24, 2.45) is 5.84 Å². The van der Waals surface area contributed by atoms with Crippen LogP contribution in [0.25, 0.3) is 0 Å². The molecule has 1 aromatic carbocycles. The van der Waals surface area contributed by atoms with Crippen molar-refractivity contribution in [2.75, 3.05) is 12.1 Å². The molecule has 2 N–H and O–H groups in total. The molecule has 3 nitrogen and oxygen atoms in total. The minimum atomic E-state index is 0.612. The minimum Gasteiger partial charge on any atom is -0.314 e. The fourth-order valence-electron chi connectivity index (χ4n) is 0.814. The summed E-state index contributed by atoms with van der Waals surface area (Å²) in [5, 5.41) is 10.1. The van der Waals surface area contributed by atoms with Gasteiger partial charge in [-0.1, -0.05) is 0 Å². The van der Waals surface area contributed by atoms with E-state index in [9.17, 15) is 0 Å². The fourth-order valence-corrected chi connectivity index (χ4v) is 1.27. The lowest BCUT2D eigenvalue weighted by Crippen LogP contribution is -2.24. The number of hydrogen-bond donors (Lipinski definition) is 1. The van der Waals surface area contributed by atoms with E-state index in [-0.39, 0.29) is 0 Å². The van der Waals surface area contributed by atoms with Gasteiger partial charge in [-0.3, -0.25) is 0 Å². The molecule has 0 spiro atoms. The highest BCUT2D eigenvalue weighted by Gasteiger charge is 2.01. The average Bonchev–Trinajstić information content (AvgIpc) is 2.04. The molecule has 0 heterocycles. The zero-order valence-electron chi connectivity index (χ0n) is 6.58. The summed E-state index contributed by atoms with van der Waals surface area (Å²) in [4.78, 5) is 0. The van der Waals surface area contributed by atoms with E-state index < -0.39 is 0 Å². The van der Waals surface area contributed by atoms with Crippen LogP contribution in [0.5, 0.6) is 0 Å². The van der Waals surface area contributed by atoms with E-state index in [1.807, 2.05) is 0 Å². The molecule has 0 amide bonds. The van der Waals surface area contributed by atoms with Crippen LogP contribution in [0, 0.1) is 11.3 Å². The number of hydrazine groups is 1. The second-order valence-electron chi connectivity index (χ2n) is 2.39. The van der Waals surface area contributed by atoms with Crippen LogP contribution in [0.2, 0.25) is 0 Å². The maximum absolute atomic E-state index is 8.62. The second kappa shape index (κ2) is 3.57. The molecule has 0 saturated heterocycles. The maximum atomic E-state index is 8.62. The Morgan fingerprint density at radius 1 is 1.58 bits per heavy atom. The third-order valence-electron chi connectivity index (χ3n) is 1.48. The second-order valence-corrected chi connectivity index (χ2v) is 3.24. The number of anilines is 1. The summed E-state index contributed by atoms with van der Waals surface area (Å²) in [7, 11) is 1.74. The van der Waals surface area contributed by atoms with Crippen molar-refractivity contribution in [1.29, 1.82) is 5.26 Å². The monoisotopic (exact) mass is 225 g/mol. The number of nitrogens with two attached hydrogens (primary N) is 1. The van der Waals surface area contributed by atoms with Crippen molar-refractivity contribution in [3.63, 3.8) is 0 Å². The molecular formula is C8H8BrN3.